The number of allylic oxidation sites excluding steroid dienone is 1. The number of anilines is 1. The number of rotatable bonds is 6. The molecule has 0 aliphatic rings. The number of pyridine rings is 2. The summed E-state index contributed by atoms with van der Waals surface area (Å²) in [6, 6.07) is 19.4. The molecule has 0 atom stereocenters. The third kappa shape index (κ3) is 12.1. The lowest BCUT2D eigenvalue weighted by molar-refractivity contribution is 0.414. The third-order valence-electron chi connectivity index (χ3n) is 3.52. The first-order valence-corrected chi connectivity index (χ1v) is 11.7. The second kappa shape index (κ2) is 16.1. The predicted octanol–water partition coefficient (Wildman–Crippen LogP) is 8.04. The van der Waals surface area contributed by atoms with Gasteiger partial charge in [0, 0.05) is 6.54 Å². The molecule has 7 heteroatoms. The molecule has 0 unspecified atom stereocenters. The van der Waals surface area contributed by atoms with Crippen LogP contribution in [0.25, 0.3) is 0 Å². The zero-order valence-corrected chi connectivity index (χ0v) is 21.9. The fraction of sp³-hybridized carbons (Fsp3) is 0.217. The van der Waals surface area contributed by atoms with Gasteiger partial charge in [0.2, 0.25) is 0 Å². The maximum Gasteiger partial charge on any atom is 0.127 e. The molecule has 0 fully saturated rings. The molecule has 3 aromatic rings. The number of nitrogens with one attached hydrogen (secondary N) is 1. The number of hydrogen-bond acceptors (Lipinski definition) is 4. The molecule has 0 amide bonds. The summed E-state index contributed by atoms with van der Waals surface area (Å²) in [4.78, 5) is 8.31. The zero-order chi connectivity index (χ0) is 22.2. The Bertz CT molecular complexity index is 856. The van der Waals surface area contributed by atoms with Gasteiger partial charge in [-0.1, -0.05) is 43.7 Å². The largest absolute Gasteiger partial charge is 0.497 e. The Hall–Kier alpha value is -1.70. The Balaban J connectivity index is 0.000000286. The smallest absolute Gasteiger partial charge is 0.127 e. The molecule has 1 N–H and O–H groups in total. The van der Waals surface area contributed by atoms with Crippen LogP contribution in [0.2, 0.25) is 0 Å². The van der Waals surface area contributed by atoms with Crippen molar-refractivity contribution in [3.05, 3.63) is 92.7 Å². The second-order valence-corrected chi connectivity index (χ2v) is 8.34. The molecule has 0 saturated heterocycles. The first-order chi connectivity index (χ1) is 14.5. The Morgan fingerprint density at radius 2 is 1.47 bits per heavy atom. The Morgan fingerprint density at radius 1 is 0.900 bits per heavy atom. The van der Waals surface area contributed by atoms with Crippen molar-refractivity contribution in [2.24, 2.45) is 0 Å². The molecular formula is C23H26Br3N3O. The fourth-order valence-electron chi connectivity index (χ4n) is 2.03. The first-order valence-electron chi connectivity index (χ1n) is 9.36. The molecular weight excluding hydrogens is 574 g/mol. The summed E-state index contributed by atoms with van der Waals surface area (Å²) < 4.78 is 7.65. The van der Waals surface area contributed by atoms with Crippen LogP contribution in [0.5, 0.6) is 5.75 Å². The van der Waals surface area contributed by atoms with Crippen LogP contribution in [-0.4, -0.2) is 17.1 Å². The summed E-state index contributed by atoms with van der Waals surface area (Å²) in [5.74, 6) is 1.73. The van der Waals surface area contributed by atoms with Crippen LogP contribution in [0.4, 0.5) is 5.82 Å². The SMILES string of the molecule is Brc1cccc(Br)n1.C=CCCC.COc1ccc(CNc2cccc(Br)n2)cc1. The summed E-state index contributed by atoms with van der Waals surface area (Å²) in [6.45, 7) is 6.43. The lowest BCUT2D eigenvalue weighted by Crippen LogP contribution is -2.01. The van der Waals surface area contributed by atoms with E-state index in [1.165, 1.54) is 12.0 Å². The van der Waals surface area contributed by atoms with Gasteiger partial charge in [0.1, 0.15) is 25.4 Å². The molecule has 0 saturated carbocycles. The molecule has 160 valence electrons. The van der Waals surface area contributed by atoms with Gasteiger partial charge in [-0.25, -0.2) is 9.97 Å². The molecule has 0 aliphatic heterocycles. The highest BCUT2D eigenvalue weighted by molar-refractivity contribution is 9.11. The van der Waals surface area contributed by atoms with Crippen LogP contribution in [-0.2, 0) is 6.54 Å². The number of ether oxygens (including phenoxy) is 1. The van der Waals surface area contributed by atoms with Crippen molar-refractivity contribution >= 4 is 53.6 Å². The standard InChI is InChI=1S/C13H13BrN2O.C5H3Br2N.C5H10/c1-17-11-7-5-10(6-8-11)9-15-13-4-2-3-12(14)16-13;6-4-2-1-3-5(7)8-4;1-3-5-4-2/h2-8H,9H2,1H3,(H,15,16);1-3H;3H,1,4-5H2,2H3. The fourth-order valence-corrected chi connectivity index (χ4v) is 3.30. The number of unbranched alkanes of at least 4 members (excludes halogenated alkanes) is 1. The molecule has 0 bridgehead atoms. The van der Waals surface area contributed by atoms with Crippen molar-refractivity contribution < 1.29 is 4.74 Å². The van der Waals surface area contributed by atoms with Gasteiger partial charge in [0.15, 0.2) is 0 Å². The number of methoxy groups -OCH3 is 1. The van der Waals surface area contributed by atoms with E-state index in [0.29, 0.717) is 0 Å². The van der Waals surface area contributed by atoms with Crippen LogP contribution in [0.15, 0.2) is 87.1 Å². The minimum absolute atomic E-state index is 0.743. The van der Waals surface area contributed by atoms with Crippen molar-refractivity contribution in [2.75, 3.05) is 12.4 Å². The van der Waals surface area contributed by atoms with E-state index >= 15 is 0 Å². The summed E-state index contributed by atoms with van der Waals surface area (Å²) in [5.41, 5.74) is 1.19. The van der Waals surface area contributed by atoms with E-state index < -0.39 is 0 Å². The lowest BCUT2D eigenvalue weighted by atomic mass is 10.2. The molecule has 3 rings (SSSR count). The van der Waals surface area contributed by atoms with Crippen LogP contribution in [0.3, 0.4) is 0 Å². The molecule has 2 aromatic heterocycles. The monoisotopic (exact) mass is 597 g/mol. The third-order valence-corrected chi connectivity index (χ3v) is 4.85. The van der Waals surface area contributed by atoms with Gasteiger partial charge in [0.25, 0.3) is 0 Å². The summed E-state index contributed by atoms with van der Waals surface area (Å²) in [6.07, 6.45) is 4.31. The number of benzene rings is 1. The van der Waals surface area contributed by atoms with Crippen molar-refractivity contribution in [3.8, 4) is 5.75 Å². The van der Waals surface area contributed by atoms with Crippen LogP contribution in [0.1, 0.15) is 25.3 Å². The maximum absolute atomic E-state index is 5.11. The van der Waals surface area contributed by atoms with Gasteiger partial charge >= 0.3 is 0 Å². The number of hydrogen-bond donors (Lipinski definition) is 1. The molecule has 1 aromatic carbocycles. The minimum atomic E-state index is 0.743. The average molecular weight is 600 g/mol. The van der Waals surface area contributed by atoms with E-state index in [1.54, 1.807) is 7.11 Å². The van der Waals surface area contributed by atoms with E-state index in [9.17, 15) is 0 Å². The molecule has 0 aliphatic carbocycles. The van der Waals surface area contributed by atoms with Crippen molar-refractivity contribution in [3.63, 3.8) is 0 Å². The Morgan fingerprint density at radius 3 is 1.87 bits per heavy atom. The van der Waals surface area contributed by atoms with E-state index in [1.807, 2.05) is 66.7 Å². The summed E-state index contributed by atoms with van der Waals surface area (Å²) in [5, 5.41) is 3.26. The number of halogens is 3. The maximum atomic E-state index is 5.11. The summed E-state index contributed by atoms with van der Waals surface area (Å²) in [7, 11) is 1.67. The molecule has 4 nitrogen and oxygen atoms in total. The van der Waals surface area contributed by atoms with Gasteiger partial charge in [-0.15, -0.1) is 6.58 Å². The molecule has 0 radical (unpaired) electrons. The van der Waals surface area contributed by atoms with Gasteiger partial charge < -0.3 is 10.1 Å². The predicted molar refractivity (Wildman–Crippen MR) is 137 cm³/mol. The van der Waals surface area contributed by atoms with Crippen LogP contribution >= 0.6 is 47.8 Å². The Labute approximate surface area is 204 Å². The van der Waals surface area contributed by atoms with Crippen molar-refractivity contribution in [1.82, 2.24) is 9.97 Å². The molecule has 2 heterocycles. The zero-order valence-electron chi connectivity index (χ0n) is 17.1. The van der Waals surface area contributed by atoms with E-state index in [0.717, 1.165) is 38.3 Å². The first kappa shape index (κ1) is 26.3. The highest BCUT2D eigenvalue weighted by Crippen LogP contribution is 2.14. The normalized spacial score (nSPS) is 9.37. The van der Waals surface area contributed by atoms with Gasteiger partial charge in [0.05, 0.1) is 7.11 Å². The second-order valence-electron chi connectivity index (χ2n) is 5.91. The molecule has 0 spiro atoms. The lowest BCUT2D eigenvalue weighted by Gasteiger charge is -2.06. The summed E-state index contributed by atoms with van der Waals surface area (Å²) >= 11 is 9.78. The quantitative estimate of drug-likeness (QED) is 0.230. The van der Waals surface area contributed by atoms with Crippen LogP contribution < -0.4 is 10.1 Å². The average Bonchev–Trinajstić information content (AvgIpc) is 2.74. The number of nitrogens with zero attached hydrogens (tertiary/aromatic N) is 2. The topological polar surface area (TPSA) is 47.0 Å². The van der Waals surface area contributed by atoms with Crippen LogP contribution in [0, 0.1) is 0 Å². The molecule has 30 heavy (non-hydrogen) atoms. The highest BCUT2D eigenvalue weighted by Gasteiger charge is 1.97. The number of aromatic nitrogens is 2. The van der Waals surface area contributed by atoms with Gasteiger partial charge in [-0.3, -0.25) is 0 Å². The van der Waals surface area contributed by atoms with Crippen molar-refractivity contribution in [2.45, 2.75) is 26.3 Å². The van der Waals surface area contributed by atoms with Gasteiger partial charge in [-0.2, -0.15) is 0 Å². The minimum Gasteiger partial charge on any atom is -0.497 e. The Kier molecular flexibility index (Phi) is 14.1. The highest BCUT2D eigenvalue weighted by atomic mass is 79.9. The van der Waals surface area contributed by atoms with Crippen molar-refractivity contribution in [1.29, 1.82) is 0 Å². The van der Waals surface area contributed by atoms with Gasteiger partial charge in [-0.05, 0) is 96.2 Å². The van der Waals surface area contributed by atoms with E-state index in [-0.39, 0.29) is 0 Å². The van der Waals surface area contributed by atoms with E-state index in [4.69, 9.17) is 4.74 Å². The van der Waals surface area contributed by atoms with E-state index in [2.05, 4.69) is 76.6 Å².